The monoisotopic (exact) mass is 205 g/mol. The molecule has 0 saturated carbocycles. The molecule has 0 bridgehead atoms. The van der Waals surface area contributed by atoms with E-state index in [1.165, 1.54) is 3.93 Å². The van der Waals surface area contributed by atoms with E-state index >= 15 is 0 Å². The van der Waals surface area contributed by atoms with Gasteiger partial charge in [0.05, 0.1) is 16.1 Å². The Morgan fingerprint density at radius 2 is 2.00 bits per heavy atom. The molecule has 0 unspecified atom stereocenters. The lowest BCUT2D eigenvalue weighted by Gasteiger charge is -2.15. The predicted molar refractivity (Wildman–Crippen MR) is 45.4 cm³/mol. The van der Waals surface area contributed by atoms with Gasteiger partial charge in [-0.1, -0.05) is 20.4 Å². The van der Waals surface area contributed by atoms with Crippen molar-refractivity contribution >= 4 is 22.1 Å². The molecular weight excluding hydrogens is 194 g/mol. The number of halogens is 1. The lowest BCUT2D eigenvalue weighted by atomic mass is 10.2. The molecule has 0 aliphatic carbocycles. The molecule has 0 radical (unpaired) electrons. The Labute approximate surface area is 70.2 Å². The summed E-state index contributed by atoms with van der Waals surface area (Å²) in [5.74, 6) is 0.0450. The van der Waals surface area contributed by atoms with Gasteiger partial charge in [0.1, 0.15) is 0 Å². The van der Waals surface area contributed by atoms with Gasteiger partial charge < -0.3 is 0 Å². The van der Waals surface area contributed by atoms with E-state index in [2.05, 4.69) is 22.7 Å². The molecule has 3 heteroatoms. The summed E-state index contributed by atoms with van der Waals surface area (Å²) in [4.78, 5) is 11.1. The van der Waals surface area contributed by atoms with Crippen molar-refractivity contribution in [3.8, 4) is 0 Å². The highest BCUT2D eigenvalue weighted by molar-refractivity contribution is 9.07. The van der Waals surface area contributed by atoms with E-state index in [9.17, 15) is 4.79 Å². The van der Waals surface area contributed by atoms with Crippen molar-refractivity contribution in [3.05, 3.63) is 12.3 Å². The van der Waals surface area contributed by atoms with Crippen LogP contribution >= 0.6 is 16.1 Å². The van der Waals surface area contributed by atoms with E-state index < -0.39 is 0 Å². The fourth-order valence-electron chi connectivity index (χ4n) is 0.415. The normalized spacial score (nSPS) is 9.70. The molecule has 1 amide bonds. The van der Waals surface area contributed by atoms with Gasteiger partial charge in [-0.25, -0.2) is 0 Å². The topological polar surface area (TPSA) is 20.3 Å². The molecule has 0 rings (SSSR count). The summed E-state index contributed by atoms with van der Waals surface area (Å²) >= 11 is 3.09. The molecule has 0 aromatic heterocycles. The van der Waals surface area contributed by atoms with Crippen LogP contribution in [0.15, 0.2) is 12.3 Å². The van der Waals surface area contributed by atoms with Gasteiger partial charge in [-0.2, -0.15) is 0 Å². The maximum atomic E-state index is 11.1. The summed E-state index contributed by atoms with van der Waals surface area (Å²) in [7, 11) is 0. The van der Waals surface area contributed by atoms with Crippen LogP contribution in [0.1, 0.15) is 20.8 Å². The fourth-order valence-corrected chi connectivity index (χ4v) is 0.824. The van der Waals surface area contributed by atoms with Crippen LogP contribution < -0.4 is 0 Å². The molecule has 58 valence electrons. The van der Waals surface area contributed by atoms with Gasteiger partial charge in [0.15, 0.2) is 0 Å². The fraction of sp³-hybridized carbons (Fsp3) is 0.571. The van der Waals surface area contributed by atoms with Crippen molar-refractivity contribution in [1.29, 1.82) is 0 Å². The molecule has 0 saturated heterocycles. The third kappa shape index (κ3) is 2.52. The number of hydrogen-bond acceptors (Lipinski definition) is 1. The van der Waals surface area contributed by atoms with Crippen molar-refractivity contribution < 1.29 is 4.79 Å². The number of hydrogen-bond donors (Lipinski definition) is 0. The Bertz CT molecular complexity index is 154. The first-order valence-corrected chi connectivity index (χ1v) is 3.83. The number of carbonyl (C=O) groups excluding carboxylic acids is 1. The largest absolute Gasteiger partial charge is 0.273 e. The molecule has 0 aliphatic rings. The van der Waals surface area contributed by atoms with Gasteiger partial charge in [-0.3, -0.25) is 8.72 Å². The third-order valence-electron chi connectivity index (χ3n) is 1.02. The average molecular weight is 206 g/mol. The summed E-state index contributed by atoms with van der Waals surface area (Å²) in [6, 6.07) is 0. The minimum atomic E-state index is 0.0103. The molecule has 0 atom stereocenters. The van der Waals surface area contributed by atoms with Gasteiger partial charge in [-0.15, -0.1) is 0 Å². The Kier molecular flexibility index (Phi) is 3.64. The standard InChI is InChI=1S/C7H12BrNO/c1-5(2)7(10)9(8)6(3)4/h5H,3H2,1-2,4H3. The van der Waals surface area contributed by atoms with E-state index in [0.29, 0.717) is 5.70 Å². The maximum Gasteiger partial charge on any atom is 0.239 e. The molecule has 0 aromatic carbocycles. The molecule has 10 heavy (non-hydrogen) atoms. The van der Waals surface area contributed by atoms with Gasteiger partial charge in [0.2, 0.25) is 5.91 Å². The van der Waals surface area contributed by atoms with Crippen molar-refractivity contribution in [2.45, 2.75) is 20.8 Å². The van der Waals surface area contributed by atoms with Crippen molar-refractivity contribution in [2.75, 3.05) is 0 Å². The zero-order chi connectivity index (χ0) is 8.31. The molecule has 0 aliphatic heterocycles. The Balaban J connectivity index is 4.08. The lowest BCUT2D eigenvalue weighted by molar-refractivity contribution is -0.127. The van der Waals surface area contributed by atoms with E-state index in [4.69, 9.17) is 0 Å². The van der Waals surface area contributed by atoms with Crippen LogP contribution in [0.25, 0.3) is 0 Å². The number of rotatable bonds is 2. The molecule has 2 nitrogen and oxygen atoms in total. The summed E-state index contributed by atoms with van der Waals surface area (Å²) in [6.45, 7) is 9.08. The van der Waals surface area contributed by atoms with E-state index in [-0.39, 0.29) is 11.8 Å². The second-order valence-corrected chi connectivity index (χ2v) is 3.22. The average Bonchev–Trinajstić information content (AvgIpc) is 1.84. The quantitative estimate of drug-likeness (QED) is 0.635. The van der Waals surface area contributed by atoms with Crippen molar-refractivity contribution in [2.24, 2.45) is 5.92 Å². The maximum absolute atomic E-state index is 11.1. The highest BCUT2D eigenvalue weighted by atomic mass is 79.9. The van der Waals surface area contributed by atoms with Gasteiger partial charge in [0, 0.05) is 11.6 Å². The second-order valence-electron chi connectivity index (χ2n) is 2.51. The van der Waals surface area contributed by atoms with Crippen LogP contribution in [-0.4, -0.2) is 9.83 Å². The Hall–Kier alpha value is -0.310. The SMILES string of the molecule is C=C(C)N(Br)C(=O)C(C)C. The summed E-state index contributed by atoms with van der Waals surface area (Å²) in [5, 5.41) is 0. The summed E-state index contributed by atoms with van der Waals surface area (Å²) in [6.07, 6.45) is 0. The first-order chi connectivity index (χ1) is 4.46. The third-order valence-corrected chi connectivity index (χ3v) is 1.98. The van der Waals surface area contributed by atoms with E-state index in [1.807, 2.05) is 13.8 Å². The van der Waals surface area contributed by atoms with Crippen LogP contribution in [0.2, 0.25) is 0 Å². The molecule has 0 fully saturated rings. The summed E-state index contributed by atoms with van der Waals surface area (Å²) in [5.41, 5.74) is 0.707. The van der Waals surface area contributed by atoms with Crippen LogP contribution in [0, 0.1) is 5.92 Å². The predicted octanol–water partition coefficient (Wildman–Crippen LogP) is 2.31. The highest BCUT2D eigenvalue weighted by Gasteiger charge is 2.14. The van der Waals surface area contributed by atoms with Crippen LogP contribution in [0.5, 0.6) is 0 Å². The molecule has 0 heterocycles. The highest BCUT2D eigenvalue weighted by Crippen LogP contribution is 2.12. The summed E-state index contributed by atoms with van der Waals surface area (Å²) < 4.78 is 1.39. The Morgan fingerprint density at radius 3 is 2.10 bits per heavy atom. The Morgan fingerprint density at radius 1 is 1.60 bits per heavy atom. The van der Waals surface area contributed by atoms with E-state index in [0.717, 1.165) is 0 Å². The van der Waals surface area contributed by atoms with Crippen molar-refractivity contribution in [3.63, 3.8) is 0 Å². The number of allylic oxidation sites excluding steroid dienone is 1. The zero-order valence-electron chi connectivity index (χ0n) is 6.52. The molecule has 0 N–H and O–H groups in total. The zero-order valence-corrected chi connectivity index (χ0v) is 8.10. The number of carbonyl (C=O) groups is 1. The number of nitrogens with zero attached hydrogens (tertiary/aromatic N) is 1. The first kappa shape index (κ1) is 9.69. The van der Waals surface area contributed by atoms with Gasteiger partial charge in [0.25, 0.3) is 0 Å². The van der Waals surface area contributed by atoms with Crippen LogP contribution in [0.4, 0.5) is 0 Å². The van der Waals surface area contributed by atoms with E-state index in [1.54, 1.807) is 6.92 Å². The van der Waals surface area contributed by atoms with Gasteiger partial charge >= 0.3 is 0 Å². The smallest absolute Gasteiger partial charge is 0.239 e. The molecular formula is C7H12BrNO. The number of amides is 1. The minimum Gasteiger partial charge on any atom is -0.273 e. The van der Waals surface area contributed by atoms with Crippen LogP contribution in [-0.2, 0) is 4.79 Å². The molecule has 0 spiro atoms. The lowest BCUT2D eigenvalue weighted by Crippen LogP contribution is -2.23. The second kappa shape index (κ2) is 3.76. The first-order valence-electron chi connectivity index (χ1n) is 3.12. The van der Waals surface area contributed by atoms with Gasteiger partial charge in [-0.05, 0) is 6.92 Å². The van der Waals surface area contributed by atoms with Crippen molar-refractivity contribution in [1.82, 2.24) is 3.93 Å². The molecule has 0 aromatic rings. The van der Waals surface area contributed by atoms with Crippen LogP contribution in [0.3, 0.4) is 0 Å². The minimum absolute atomic E-state index is 0.0103.